The van der Waals surface area contributed by atoms with E-state index in [1.165, 1.54) is 0 Å². The molecule has 19 heavy (non-hydrogen) atoms. The minimum absolute atomic E-state index is 0. The van der Waals surface area contributed by atoms with Gasteiger partial charge in [-0.25, -0.2) is 0 Å². The second kappa shape index (κ2) is 7.52. The summed E-state index contributed by atoms with van der Waals surface area (Å²) in [5.41, 5.74) is 1.07. The summed E-state index contributed by atoms with van der Waals surface area (Å²) in [6.07, 6.45) is 2.00. The zero-order valence-corrected chi connectivity index (χ0v) is 13.0. The van der Waals surface area contributed by atoms with Crippen LogP contribution < -0.4 is 5.32 Å². The van der Waals surface area contributed by atoms with E-state index in [1.807, 2.05) is 35.6 Å². The Morgan fingerprint density at radius 3 is 2.79 bits per heavy atom. The molecule has 0 aliphatic rings. The summed E-state index contributed by atoms with van der Waals surface area (Å²) < 4.78 is 3.94. The van der Waals surface area contributed by atoms with Crippen molar-refractivity contribution in [2.24, 2.45) is 7.05 Å². The van der Waals surface area contributed by atoms with Crippen LogP contribution in [0.4, 0.5) is 0 Å². The highest BCUT2D eigenvalue weighted by molar-refractivity contribution is 7.98. The first-order valence-corrected chi connectivity index (χ1v) is 6.91. The lowest BCUT2D eigenvalue weighted by molar-refractivity contribution is 0.652. The molecule has 2 aromatic rings. The van der Waals surface area contributed by atoms with Crippen molar-refractivity contribution in [3.63, 3.8) is 0 Å². The summed E-state index contributed by atoms with van der Waals surface area (Å²) in [6.45, 7) is 3.71. The van der Waals surface area contributed by atoms with Gasteiger partial charge in [-0.2, -0.15) is 5.10 Å². The summed E-state index contributed by atoms with van der Waals surface area (Å²) in [5.74, 6) is 1.76. The van der Waals surface area contributed by atoms with Gasteiger partial charge in [0, 0.05) is 25.5 Å². The van der Waals surface area contributed by atoms with E-state index in [0.29, 0.717) is 0 Å². The van der Waals surface area contributed by atoms with Gasteiger partial charge in [0.05, 0.1) is 12.2 Å². The number of hydrogen-bond donors (Lipinski definition) is 1. The highest BCUT2D eigenvalue weighted by Gasteiger charge is 2.09. The van der Waals surface area contributed by atoms with Crippen molar-refractivity contribution in [3.05, 3.63) is 23.8 Å². The summed E-state index contributed by atoms with van der Waals surface area (Å²) in [5, 5.41) is 16.8. The van der Waals surface area contributed by atoms with Gasteiger partial charge in [0.15, 0.2) is 5.16 Å². The molecule has 0 radical (unpaired) electrons. The lowest BCUT2D eigenvalue weighted by Gasteiger charge is -2.02. The molecule has 6 nitrogen and oxygen atoms in total. The van der Waals surface area contributed by atoms with Crippen LogP contribution >= 0.6 is 24.2 Å². The number of hydrogen-bond acceptors (Lipinski definition) is 5. The smallest absolute Gasteiger partial charge is 0.191 e. The molecule has 0 unspecified atom stereocenters. The Bertz CT molecular complexity index is 509. The number of halogens is 1. The minimum Gasteiger partial charge on any atom is -0.313 e. The van der Waals surface area contributed by atoms with Gasteiger partial charge in [0.1, 0.15) is 5.82 Å². The average Bonchev–Trinajstić information content (AvgIpc) is 2.96. The van der Waals surface area contributed by atoms with Gasteiger partial charge < -0.3 is 9.88 Å². The fourth-order valence-corrected chi connectivity index (χ4v) is 2.41. The third kappa shape index (κ3) is 3.95. The predicted molar refractivity (Wildman–Crippen MR) is 78.5 cm³/mol. The quantitative estimate of drug-likeness (QED) is 0.819. The van der Waals surface area contributed by atoms with E-state index >= 15 is 0 Å². The van der Waals surface area contributed by atoms with Crippen molar-refractivity contribution in [1.29, 1.82) is 0 Å². The minimum atomic E-state index is 0. The molecule has 0 saturated heterocycles. The molecule has 2 heterocycles. The summed E-state index contributed by atoms with van der Waals surface area (Å²) in [7, 11) is 3.89. The Balaban J connectivity index is 0.00000180. The molecule has 0 aliphatic carbocycles. The molecule has 0 fully saturated rings. The fourth-order valence-electron chi connectivity index (χ4n) is 1.58. The Kier molecular flexibility index (Phi) is 6.33. The topological polar surface area (TPSA) is 60.6 Å². The van der Waals surface area contributed by atoms with Crippen molar-refractivity contribution < 1.29 is 0 Å². The molecule has 0 spiro atoms. The third-order valence-electron chi connectivity index (χ3n) is 2.63. The maximum atomic E-state index is 4.44. The van der Waals surface area contributed by atoms with Crippen LogP contribution in [0.25, 0.3) is 0 Å². The Morgan fingerprint density at radius 1 is 1.37 bits per heavy atom. The van der Waals surface area contributed by atoms with Gasteiger partial charge in [-0.15, -0.1) is 22.6 Å². The number of nitrogens with zero attached hydrogens (tertiary/aromatic N) is 5. The van der Waals surface area contributed by atoms with E-state index in [1.54, 1.807) is 11.8 Å². The van der Waals surface area contributed by atoms with Crippen LogP contribution in [0.1, 0.15) is 18.4 Å². The first-order chi connectivity index (χ1) is 8.74. The number of rotatable bonds is 6. The number of aromatic nitrogens is 5. The van der Waals surface area contributed by atoms with Crippen LogP contribution in [0.2, 0.25) is 0 Å². The summed E-state index contributed by atoms with van der Waals surface area (Å²) in [4.78, 5) is 0. The largest absolute Gasteiger partial charge is 0.313 e. The second-order valence-electron chi connectivity index (χ2n) is 3.94. The number of aryl methyl sites for hydroxylation is 1. The second-order valence-corrected chi connectivity index (χ2v) is 4.88. The maximum absolute atomic E-state index is 4.44. The highest BCUT2D eigenvalue weighted by Crippen LogP contribution is 2.19. The van der Waals surface area contributed by atoms with E-state index in [2.05, 4.69) is 27.5 Å². The lowest BCUT2D eigenvalue weighted by atomic mass is 10.5. The van der Waals surface area contributed by atoms with Gasteiger partial charge >= 0.3 is 0 Å². The molecule has 106 valence electrons. The predicted octanol–water partition coefficient (Wildman–Crippen LogP) is 1.46. The Hall–Kier alpha value is -1.05. The normalized spacial score (nSPS) is 10.5. The van der Waals surface area contributed by atoms with Crippen molar-refractivity contribution >= 4 is 24.2 Å². The summed E-state index contributed by atoms with van der Waals surface area (Å²) in [6, 6.07) is 2.04. The Labute approximate surface area is 123 Å². The molecule has 0 amide bonds. The monoisotopic (exact) mass is 302 g/mol. The molecule has 0 atom stereocenters. The van der Waals surface area contributed by atoms with Crippen molar-refractivity contribution in [2.45, 2.75) is 30.9 Å². The fraction of sp³-hybridized carbons (Fsp3) is 0.545. The molecule has 0 saturated carbocycles. The molecule has 8 heteroatoms. The van der Waals surface area contributed by atoms with Crippen molar-refractivity contribution in [1.82, 2.24) is 29.9 Å². The van der Waals surface area contributed by atoms with Gasteiger partial charge in [-0.05, 0) is 20.0 Å². The molecule has 0 aromatic carbocycles. The third-order valence-corrected chi connectivity index (χ3v) is 3.68. The van der Waals surface area contributed by atoms with E-state index in [9.17, 15) is 0 Å². The van der Waals surface area contributed by atoms with Crippen LogP contribution in [0.15, 0.2) is 17.4 Å². The molecule has 2 aromatic heterocycles. The van der Waals surface area contributed by atoms with Gasteiger partial charge in [0.2, 0.25) is 0 Å². The first kappa shape index (κ1) is 16.0. The number of nitrogens with one attached hydrogen (secondary N) is 1. The first-order valence-electron chi connectivity index (χ1n) is 5.92. The van der Waals surface area contributed by atoms with Gasteiger partial charge in [-0.1, -0.05) is 11.8 Å². The van der Waals surface area contributed by atoms with Crippen LogP contribution in [0, 0.1) is 0 Å². The van der Waals surface area contributed by atoms with E-state index in [0.717, 1.165) is 35.5 Å². The highest BCUT2D eigenvalue weighted by atomic mass is 35.5. The zero-order chi connectivity index (χ0) is 13.0. The van der Waals surface area contributed by atoms with E-state index < -0.39 is 0 Å². The van der Waals surface area contributed by atoms with Crippen molar-refractivity contribution in [2.75, 3.05) is 7.05 Å². The standard InChI is InChI=1S/C11H18N6S.ClH/c1-4-17-6-5-9(15-17)8-18-11-14-13-10(7-12-2)16(11)3;/h5-6,12H,4,7-8H2,1-3H3;1H. The van der Waals surface area contributed by atoms with Crippen molar-refractivity contribution in [3.8, 4) is 0 Å². The van der Waals surface area contributed by atoms with Crippen LogP contribution in [0.5, 0.6) is 0 Å². The van der Waals surface area contributed by atoms with E-state index in [-0.39, 0.29) is 12.4 Å². The lowest BCUT2D eigenvalue weighted by Crippen LogP contribution is -2.10. The number of thioether (sulfide) groups is 1. The molecule has 1 N–H and O–H groups in total. The van der Waals surface area contributed by atoms with Crippen LogP contribution in [-0.2, 0) is 25.9 Å². The molecular formula is C11H19ClN6S. The van der Waals surface area contributed by atoms with E-state index in [4.69, 9.17) is 0 Å². The van der Waals surface area contributed by atoms with Gasteiger partial charge in [0.25, 0.3) is 0 Å². The molecular weight excluding hydrogens is 284 g/mol. The van der Waals surface area contributed by atoms with Gasteiger partial charge in [-0.3, -0.25) is 4.68 Å². The Morgan fingerprint density at radius 2 is 2.16 bits per heavy atom. The SMILES string of the molecule is CCn1ccc(CSc2nnc(CNC)n2C)n1.Cl. The zero-order valence-electron chi connectivity index (χ0n) is 11.3. The maximum Gasteiger partial charge on any atom is 0.191 e. The molecule has 0 aliphatic heterocycles. The average molecular weight is 303 g/mol. The summed E-state index contributed by atoms with van der Waals surface area (Å²) >= 11 is 1.66. The molecule has 0 bridgehead atoms. The molecule has 2 rings (SSSR count). The van der Waals surface area contributed by atoms with Crippen LogP contribution in [0.3, 0.4) is 0 Å². The van der Waals surface area contributed by atoms with Crippen LogP contribution in [-0.4, -0.2) is 31.6 Å².